The number of morpholine rings is 1. The molecule has 7 heteroatoms. The van der Waals surface area contributed by atoms with Crippen LogP contribution in [0.25, 0.3) is 0 Å². The van der Waals surface area contributed by atoms with Crippen molar-refractivity contribution in [2.24, 2.45) is 0 Å². The summed E-state index contributed by atoms with van der Waals surface area (Å²) in [6.07, 6.45) is 4.24. The quantitative estimate of drug-likeness (QED) is 0.785. The molecule has 1 saturated carbocycles. The second-order valence-corrected chi connectivity index (χ2v) is 8.52. The first-order chi connectivity index (χ1) is 14.1. The van der Waals surface area contributed by atoms with E-state index in [1.807, 2.05) is 6.07 Å². The summed E-state index contributed by atoms with van der Waals surface area (Å²) in [7, 11) is 2.16. The maximum Gasteiger partial charge on any atom is 0.228 e. The third-order valence-electron chi connectivity index (χ3n) is 6.12. The highest BCUT2D eigenvalue weighted by Gasteiger charge is 2.39. The molecule has 0 atom stereocenters. The minimum atomic E-state index is -0.321. The molecular weight excluding hydrogens is 371 g/mol. The molecule has 0 radical (unpaired) electrons. The number of rotatable bonds is 4. The number of aromatic nitrogens is 2. The Labute approximate surface area is 170 Å². The van der Waals surface area contributed by atoms with E-state index in [1.165, 1.54) is 12.1 Å². The second kappa shape index (κ2) is 7.54. The van der Waals surface area contributed by atoms with Crippen LogP contribution in [0.4, 0.5) is 10.3 Å². The van der Waals surface area contributed by atoms with Gasteiger partial charge in [-0.2, -0.15) is 4.98 Å². The van der Waals surface area contributed by atoms with Crippen molar-refractivity contribution in [1.82, 2.24) is 14.9 Å². The van der Waals surface area contributed by atoms with Gasteiger partial charge in [-0.15, -0.1) is 0 Å². The number of anilines is 1. The van der Waals surface area contributed by atoms with Crippen LogP contribution in [0.3, 0.4) is 0 Å². The molecule has 1 aliphatic carbocycles. The lowest BCUT2D eigenvalue weighted by Crippen LogP contribution is -2.56. The maximum absolute atomic E-state index is 13.5. The molecule has 1 aromatic carbocycles. The summed E-state index contributed by atoms with van der Waals surface area (Å²) in [4.78, 5) is 14.1. The molecule has 0 bridgehead atoms. The zero-order valence-corrected chi connectivity index (χ0v) is 16.8. The van der Waals surface area contributed by atoms with Gasteiger partial charge in [0.25, 0.3) is 0 Å². The summed E-state index contributed by atoms with van der Waals surface area (Å²) in [6.45, 7) is 4.51. The van der Waals surface area contributed by atoms with Crippen molar-refractivity contribution in [2.45, 2.75) is 37.2 Å². The van der Waals surface area contributed by atoms with E-state index in [1.54, 1.807) is 12.1 Å². The Morgan fingerprint density at radius 2 is 1.97 bits per heavy atom. The van der Waals surface area contributed by atoms with Gasteiger partial charge in [0.2, 0.25) is 11.8 Å². The summed E-state index contributed by atoms with van der Waals surface area (Å²) < 4.78 is 25.6. The standard InChI is InChI=1S/C22H27FN4O2/c1-26-11-12-28-22(15-26)7-9-27(10-8-22)21-24-19(16-5-6-16)14-20(25-21)29-18-4-2-3-17(23)13-18/h2-4,13-14,16H,5-12,15H2,1H3. The summed E-state index contributed by atoms with van der Waals surface area (Å²) in [6, 6.07) is 8.06. The van der Waals surface area contributed by atoms with Gasteiger partial charge in [-0.3, -0.25) is 0 Å². The SMILES string of the molecule is CN1CCOC2(CCN(c3nc(Oc4cccc(F)c4)cc(C4CC4)n3)CC2)C1. The highest BCUT2D eigenvalue weighted by atomic mass is 19.1. The third kappa shape index (κ3) is 4.21. The fourth-order valence-corrected chi connectivity index (χ4v) is 4.31. The Kier molecular flexibility index (Phi) is 4.87. The van der Waals surface area contributed by atoms with Crippen molar-refractivity contribution in [1.29, 1.82) is 0 Å². The predicted octanol–water partition coefficient (Wildman–Crippen LogP) is 3.59. The van der Waals surface area contributed by atoms with Gasteiger partial charge >= 0.3 is 0 Å². The van der Waals surface area contributed by atoms with Crippen molar-refractivity contribution < 1.29 is 13.9 Å². The smallest absolute Gasteiger partial charge is 0.228 e. The fraction of sp³-hybridized carbons (Fsp3) is 0.545. The second-order valence-electron chi connectivity index (χ2n) is 8.52. The highest BCUT2D eigenvalue weighted by molar-refractivity contribution is 5.39. The maximum atomic E-state index is 13.5. The lowest BCUT2D eigenvalue weighted by Gasteiger charge is -2.46. The van der Waals surface area contributed by atoms with E-state index < -0.39 is 0 Å². The largest absolute Gasteiger partial charge is 0.439 e. The van der Waals surface area contributed by atoms with E-state index in [0.717, 1.165) is 64.2 Å². The van der Waals surface area contributed by atoms with Crippen LogP contribution in [-0.4, -0.2) is 60.3 Å². The van der Waals surface area contributed by atoms with Gasteiger partial charge in [0, 0.05) is 44.2 Å². The summed E-state index contributed by atoms with van der Waals surface area (Å²) in [5.74, 6) is 1.81. The predicted molar refractivity (Wildman–Crippen MR) is 108 cm³/mol. The van der Waals surface area contributed by atoms with Crippen molar-refractivity contribution in [3.63, 3.8) is 0 Å². The summed E-state index contributed by atoms with van der Waals surface area (Å²) in [5.41, 5.74) is 0.980. The Balaban J connectivity index is 1.35. The summed E-state index contributed by atoms with van der Waals surface area (Å²) in [5, 5.41) is 0. The zero-order chi connectivity index (χ0) is 19.8. The number of likely N-dealkylation sites (N-methyl/N-ethyl adjacent to an activating group) is 1. The minimum Gasteiger partial charge on any atom is -0.439 e. The van der Waals surface area contributed by atoms with Crippen LogP contribution in [0.15, 0.2) is 30.3 Å². The van der Waals surface area contributed by atoms with Crippen molar-refractivity contribution in [3.8, 4) is 11.6 Å². The van der Waals surface area contributed by atoms with Crippen LogP contribution in [0.1, 0.15) is 37.3 Å². The van der Waals surface area contributed by atoms with E-state index in [-0.39, 0.29) is 11.4 Å². The molecule has 2 saturated heterocycles. The molecule has 1 spiro atoms. The van der Waals surface area contributed by atoms with Gasteiger partial charge in [-0.05, 0) is 44.9 Å². The molecule has 0 unspecified atom stereocenters. The van der Waals surface area contributed by atoms with Crippen LogP contribution in [0.2, 0.25) is 0 Å². The van der Waals surface area contributed by atoms with Gasteiger partial charge in [-0.25, -0.2) is 9.37 Å². The average Bonchev–Trinajstić information content (AvgIpc) is 3.54. The molecule has 1 aromatic heterocycles. The van der Waals surface area contributed by atoms with E-state index in [4.69, 9.17) is 14.5 Å². The van der Waals surface area contributed by atoms with Crippen molar-refractivity contribution in [2.75, 3.05) is 44.7 Å². The van der Waals surface area contributed by atoms with Crippen LogP contribution in [0.5, 0.6) is 11.6 Å². The number of ether oxygens (including phenoxy) is 2. The van der Waals surface area contributed by atoms with Crippen LogP contribution >= 0.6 is 0 Å². The van der Waals surface area contributed by atoms with E-state index in [2.05, 4.69) is 21.8 Å². The van der Waals surface area contributed by atoms with Crippen molar-refractivity contribution in [3.05, 3.63) is 41.8 Å². The van der Waals surface area contributed by atoms with Gasteiger partial charge in [0.1, 0.15) is 11.6 Å². The van der Waals surface area contributed by atoms with E-state index in [9.17, 15) is 4.39 Å². The topological polar surface area (TPSA) is 50.7 Å². The third-order valence-corrected chi connectivity index (χ3v) is 6.12. The van der Waals surface area contributed by atoms with Gasteiger partial charge < -0.3 is 19.3 Å². The molecule has 0 N–H and O–H groups in total. The molecule has 3 fully saturated rings. The molecule has 29 heavy (non-hydrogen) atoms. The Morgan fingerprint density at radius 1 is 1.14 bits per heavy atom. The highest BCUT2D eigenvalue weighted by Crippen LogP contribution is 2.41. The number of hydrogen-bond acceptors (Lipinski definition) is 6. The molecule has 6 nitrogen and oxygen atoms in total. The van der Waals surface area contributed by atoms with Crippen molar-refractivity contribution >= 4 is 5.95 Å². The number of piperidine rings is 1. The molecule has 3 heterocycles. The van der Waals surface area contributed by atoms with Crippen LogP contribution in [-0.2, 0) is 4.74 Å². The monoisotopic (exact) mass is 398 g/mol. The molecule has 2 aliphatic heterocycles. The van der Waals surface area contributed by atoms with E-state index in [0.29, 0.717) is 23.5 Å². The van der Waals surface area contributed by atoms with Crippen LogP contribution in [0, 0.1) is 5.82 Å². The minimum absolute atomic E-state index is 0.0432. The normalized spacial score (nSPS) is 22.1. The van der Waals surface area contributed by atoms with Gasteiger partial charge in [-0.1, -0.05) is 6.07 Å². The number of hydrogen-bond donors (Lipinski definition) is 0. The lowest BCUT2D eigenvalue weighted by molar-refractivity contribution is -0.115. The number of nitrogens with zero attached hydrogens (tertiary/aromatic N) is 4. The summed E-state index contributed by atoms with van der Waals surface area (Å²) >= 11 is 0. The lowest BCUT2D eigenvalue weighted by atomic mass is 9.89. The first kappa shape index (κ1) is 18.8. The molecule has 3 aliphatic rings. The molecule has 2 aromatic rings. The number of benzene rings is 1. The average molecular weight is 398 g/mol. The molecule has 154 valence electrons. The number of halogens is 1. The van der Waals surface area contributed by atoms with E-state index >= 15 is 0 Å². The Morgan fingerprint density at radius 3 is 2.69 bits per heavy atom. The Hall–Kier alpha value is -2.25. The zero-order valence-electron chi connectivity index (χ0n) is 16.8. The molecular formula is C22H27FN4O2. The first-order valence-electron chi connectivity index (χ1n) is 10.5. The molecule has 5 rings (SSSR count). The van der Waals surface area contributed by atoms with Crippen LogP contribution < -0.4 is 9.64 Å². The Bertz CT molecular complexity index is 881. The van der Waals surface area contributed by atoms with Gasteiger partial charge in [0.15, 0.2) is 0 Å². The van der Waals surface area contributed by atoms with Gasteiger partial charge in [0.05, 0.1) is 17.9 Å². The first-order valence-corrected chi connectivity index (χ1v) is 10.5. The molecule has 0 amide bonds. The fourth-order valence-electron chi connectivity index (χ4n) is 4.31.